The number of nitrogens with zero attached hydrogens (tertiary/aromatic N) is 1. The lowest BCUT2D eigenvalue weighted by Gasteiger charge is -2.08. The minimum Gasteiger partial charge on any atom is -0.305 e. The van der Waals surface area contributed by atoms with Gasteiger partial charge in [-0.1, -0.05) is 42.9 Å². The molecular formula is C12H21N. The van der Waals surface area contributed by atoms with Crippen molar-refractivity contribution in [2.45, 2.75) is 20.3 Å². The van der Waals surface area contributed by atoms with Crippen LogP contribution in [0.1, 0.15) is 20.3 Å². The molecule has 13 heavy (non-hydrogen) atoms. The van der Waals surface area contributed by atoms with E-state index in [9.17, 15) is 0 Å². The molecule has 0 spiro atoms. The average molecular weight is 179 g/mol. The second kappa shape index (κ2) is 7.81. The van der Waals surface area contributed by atoms with E-state index in [-0.39, 0.29) is 0 Å². The lowest BCUT2D eigenvalue weighted by atomic mass is 10.2. The molecule has 0 aliphatic carbocycles. The van der Waals surface area contributed by atoms with Gasteiger partial charge in [0.2, 0.25) is 0 Å². The van der Waals surface area contributed by atoms with Crippen molar-refractivity contribution in [1.82, 2.24) is 4.90 Å². The monoisotopic (exact) mass is 179 g/mol. The first kappa shape index (κ1) is 12.2. The van der Waals surface area contributed by atoms with Crippen LogP contribution < -0.4 is 0 Å². The summed E-state index contributed by atoms with van der Waals surface area (Å²) in [5.41, 5.74) is 1.38. The fraction of sp³-hybridized carbons (Fsp3) is 0.500. The first-order valence-corrected chi connectivity index (χ1v) is 4.80. The van der Waals surface area contributed by atoms with Crippen molar-refractivity contribution in [3.63, 3.8) is 0 Å². The van der Waals surface area contributed by atoms with Crippen molar-refractivity contribution < 1.29 is 0 Å². The quantitative estimate of drug-likeness (QED) is 0.586. The molecule has 1 heteroatoms. The molecule has 0 saturated carbocycles. The predicted molar refractivity (Wildman–Crippen MR) is 60.9 cm³/mol. The molecule has 0 fully saturated rings. The predicted octanol–water partition coefficient (Wildman–Crippen LogP) is 3.02. The Morgan fingerprint density at radius 2 is 1.85 bits per heavy atom. The van der Waals surface area contributed by atoms with E-state index >= 15 is 0 Å². The molecule has 74 valence electrons. The largest absolute Gasteiger partial charge is 0.305 e. The molecule has 0 heterocycles. The van der Waals surface area contributed by atoms with Crippen LogP contribution in [0.5, 0.6) is 0 Å². The maximum Gasteiger partial charge on any atom is 0.0187 e. The van der Waals surface area contributed by atoms with Gasteiger partial charge in [0, 0.05) is 6.54 Å². The highest BCUT2D eigenvalue weighted by atomic mass is 15.0. The number of hydrogen-bond acceptors (Lipinski definition) is 1. The van der Waals surface area contributed by atoms with Crippen LogP contribution in [-0.2, 0) is 0 Å². The van der Waals surface area contributed by atoms with Crippen molar-refractivity contribution in [2.75, 3.05) is 20.6 Å². The van der Waals surface area contributed by atoms with E-state index in [0.717, 1.165) is 13.0 Å². The van der Waals surface area contributed by atoms with Crippen molar-refractivity contribution in [2.24, 2.45) is 0 Å². The summed E-state index contributed by atoms with van der Waals surface area (Å²) < 4.78 is 0. The lowest BCUT2D eigenvalue weighted by molar-refractivity contribution is 0.445. The fourth-order valence-electron chi connectivity index (χ4n) is 1.05. The van der Waals surface area contributed by atoms with Gasteiger partial charge in [0.25, 0.3) is 0 Å². The normalized spacial score (nSPS) is 13.8. The molecule has 0 unspecified atom stereocenters. The van der Waals surface area contributed by atoms with Gasteiger partial charge in [-0.3, -0.25) is 0 Å². The SMILES string of the molecule is CC/C=C/C=C\C=C(/C)CN(C)C. The fourth-order valence-corrected chi connectivity index (χ4v) is 1.05. The number of rotatable bonds is 5. The first-order valence-electron chi connectivity index (χ1n) is 4.80. The highest BCUT2D eigenvalue weighted by Gasteiger charge is 1.88. The summed E-state index contributed by atoms with van der Waals surface area (Å²) >= 11 is 0. The number of likely N-dealkylation sites (N-methyl/N-ethyl adjacent to an activating group) is 1. The summed E-state index contributed by atoms with van der Waals surface area (Å²) in [6.45, 7) is 5.31. The van der Waals surface area contributed by atoms with Crippen LogP contribution in [0.2, 0.25) is 0 Å². The van der Waals surface area contributed by atoms with Crippen molar-refractivity contribution in [1.29, 1.82) is 0 Å². The number of allylic oxidation sites excluding steroid dienone is 5. The van der Waals surface area contributed by atoms with Gasteiger partial charge >= 0.3 is 0 Å². The summed E-state index contributed by atoms with van der Waals surface area (Å²) in [4.78, 5) is 2.17. The van der Waals surface area contributed by atoms with Gasteiger partial charge in [-0.15, -0.1) is 0 Å². The van der Waals surface area contributed by atoms with E-state index < -0.39 is 0 Å². The van der Waals surface area contributed by atoms with Crippen LogP contribution in [0.25, 0.3) is 0 Å². The molecule has 1 nitrogen and oxygen atoms in total. The Bertz CT molecular complexity index is 197. The van der Waals surface area contributed by atoms with Crippen LogP contribution >= 0.6 is 0 Å². The van der Waals surface area contributed by atoms with E-state index in [1.165, 1.54) is 5.57 Å². The molecule has 0 aromatic carbocycles. The average Bonchev–Trinajstić information content (AvgIpc) is 2.02. The van der Waals surface area contributed by atoms with E-state index in [4.69, 9.17) is 0 Å². The van der Waals surface area contributed by atoms with Crippen molar-refractivity contribution in [3.8, 4) is 0 Å². The molecule has 0 saturated heterocycles. The molecule has 0 N–H and O–H groups in total. The zero-order valence-electron chi connectivity index (χ0n) is 9.25. The molecule has 0 aromatic rings. The zero-order valence-corrected chi connectivity index (χ0v) is 9.25. The number of hydrogen-bond donors (Lipinski definition) is 0. The third-order valence-corrected chi connectivity index (χ3v) is 1.54. The van der Waals surface area contributed by atoms with Gasteiger partial charge in [0.05, 0.1) is 0 Å². The molecule has 0 aliphatic heterocycles. The standard InChI is InChI=1S/C12H21N/c1-5-6-7-8-9-10-12(2)11-13(3)4/h6-10H,5,11H2,1-4H3/b7-6+,9-8-,12-10+. The smallest absolute Gasteiger partial charge is 0.0187 e. The molecule has 0 aliphatic rings. The summed E-state index contributed by atoms with van der Waals surface area (Å²) in [6, 6.07) is 0. The maximum absolute atomic E-state index is 2.17. The second-order valence-electron chi connectivity index (χ2n) is 3.47. The van der Waals surface area contributed by atoms with Crippen LogP contribution in [0.15, 0.2) is 36.0 Å². The Morgan fingerprint density at radius 1 is 1.15 bits per heavy atom. The summed E-state index contributed by atoms with van der Waals surface area (Å²) in [5.74, 6) is 0. The second-order valence-corrected chi connectivity index (χ2v) is 3.47. The first-order chi connectivity index (χ1) is 6.16. The van der Waals surface area contributed by atoms with Gasteiger partial charge in [-0.2, -0.15) is 0 Å². The van der Waals surface area contributed by atoms with Crippen molar-refractivity contribution in [3.05, 3.63) is 36.0 Å². The van der Waals surface area contributed by atoms with Crippen LogP contribution in [0, 0.1) is 0 Å². The topological polar surface area (TPSA) is 3.24 Å². The Kier molecular flexibility index (Phi) is 7.32. The van der Waals surface area contributed by atoms with Gasteiger partial charge in [0.1, 0.15) is 0 Å². The van der Waals surface area contributed by atoms with E-state index in [0.29, 0.717) is 0 Å². The molecule has 0 rings (SSSR count). The Hall–Kier alpha value is -0.820. The highest BCUT2D eigenvalue weighted by molar-refractivity contribution is 5.16. The van der Waals surface area contributed by atoms with Gasteiger partial charge in [0.15, 0.2) is 0 Å². The zero-order chi connectivity index (χ0) is 10.1. The van der Waals surface area contributed by atoms with Crippen LogP contribution in [0.3, 0.4) is 0 Å². The summed E-state index contributed by atoms with van der Waals surface area (Å²) in [5, 5.41) is 0. The molecule has 0 aromatic heterocycles. The van der Waals surface area contributed by atoms with Crippen molar-refractivity contribution >= 4 is 0 Å². The van der Waals surface area contributed by atoms with Gasteiger partial charge < -0.3 is 4.90 Å². The Morgan fingerprint density at radius 3 is 2.38 bits per heavy atom. The van der Waals surface area contributed by atoms with E-state index in [1.807, 2.05) is 0 Å². The molecule has 0 radical (unpaired) electrons. The Labute approximate surface area is 82.4 Å². The molecule has 0 bridgehead atoms. The van der Waals surface area contributed by atoms with Crippen LogP contribution in [0.4, 0.5) is 0 Å². The third-order valence-electron chi connectivity index (χ3n) is 1.54. The van der Waals surface area contributed by atoms with Gasteiger partial charge in [-0.05, 0) is 27.4 Å². The molecular weight excluding hydrogens is 158 g/mol. The maximum atomic E-state index is 2.17. The highest BCUT2D eigenvalue weighted by Crippen LogP contribution is 1.94. The third kappa shape index (κ3) is 9.09. The van der Waals surface area contributed by atoms with E-state index in [1.54, 1.807) is 0 Å². The summed E-state index contributed by atoms with van der Waals surface area (Å²) in [6.07, 6.45) is 11.6. The minimum absolute atomic E-state index is 1.03. The van der Waals surface area contributed by atoms with Gasteiger partial charge in [-0.25, -0.2) is 0 Å². The lowest BCUT2D eigenvalue weighted by Crippen LogP contribution is -2.13. The molecule has 0 atom stereocenters. The minimum atomic E-state index is 1.03. The summed E-state index contributed by atoms with van der Waals surface area (Å²) in [7, 11) is 4.16. The Balaban J connectivity index is 3.81. The van der Waals surface area contributed by atoms with E-state index in [2.05, 4.69) is 63.2 Å². The van der Waals surface area contributed by atoms with Crippen LogP contribution in [-0.4, -0.2) is 25.5 Å². The molecule has 0 amide bonds.